The minimum absolute atomic E-state index is 0.00265. The highest BCUT2D eigenvalue weighted by Crippen LogP contribution is 2.22. The molecule has 0 bridgehead atoms. The van der Waals surface area contributed by atoms with Gasteiger partial charge in [-0.05, 0) is 36.6 Å². The van der Waals surface area contributed by atoms with E-state index in [1.54, 1.807) is 13.2 Å². The number of anilines is 1. The van der Waals surface area contributed by atoms with Crippen LogP contribution in [0.25, 0.3) is 6.08 Å². The van der Waals surface area contributed by atoms with Crippen molar-refractivity contribution in [3.05, 3.63) is 30.0 Å². The molecule has 0 radical (unpaired) electrons. The molecule has 21 heavy (non-hydrogen) atoms. The molecule has 2 N–H and O–H groups in total. The van der Waals surface area contributed by atoms with E-state index in [0.717, 1.165) is 36.8 Å². The van der Waals surface area contributed by atoms with E-state index >= 15 is 0 Å². The fourth-order valence-corrected chi connectivity index (χ4v) is 2.45. The van der Waals surface area contributed by atoms with Crippen LogP contribution in [0.4, 0.5) is 5.82 Å². The molecule has 2 heterocycles. The van der Waals surface area contributed by atoms with E-state index in [9.17, 15) is 9.59 Å². The summed E-state index contributed by atoms with van der Waals surface area (Å²) in [5, 5.41) is 11.3. The average Bonchev–Trinajstić information content (AvgIpc) is 2.52. The van der Waals surface area contributed by atoms with Gasteiger partial charge in [0.15, 0.2) is 0 Å². The van der Waals surface area contributed by atoms with Gasteiger partial charge in [0.2, 0.25) is 5.91 Å². The number of rotatable bonds is 4. The SMILES string of the molecule is CNC(=O)C1CCCN(c2ccc(/C=C/C(=O)O)cn2)C1. The van der Waals surface area contributed by atoms with Crippen LogP contribution in [0.1, 0.15) is 18.4 Å². The predicted molar refractivity (Wildman–Crippen MR) is 79.9 cm³/mol. The number of carbonyl (C=O) groups is 2. The summed E-state index contributed by atoms with van der Waals surface area (Å²) in [5.74, 6) is -0.0996. The molecule has 0 saturated carbocycles. The lowest BCUT2D eigenvalue weighted by Gasteiger charge is -2.32. The number of hydrogen-bond donors (Lipinski definition) is 2. The van der Waals surface area contributed by atoms with E-state index in [4.69, 9.17) is 5.11 Å². The zero-order chi connectivity index (χ0) is 15.2. The second-order valence-corrected chi connectivity index (χ2v) is 5.02. The second-order valence-electron chi connectivity index (χ2n) is 5.02. The third kappa shape index (κ3) is 4.05. The Bertz CT molecular complexity index is 540. The summed E-state index contributed by atoms with van der Waals surface area (Å²) < 4.78 is 0. The first-order valence-corrected chi connectivity index (χ1v) is 6.93. The van der Waals surface area contributed by atoms with Gasteiger partial charge in [-0.25, -0.2) is 9.78 Å². The maximum Gasteiger partial charge on any atom is 0.328 e. The molecule has 1 aliphatic heterocycles. The van der Waals surface area contributed by atoms with Crippen molar-refractivity contribution in [2.75, 3.05) is 25.0 Å². The number of hydrogen-bond acceptors (Lipinski definition) is 4. The van der Waals surface area contributed by atoms with E-state index in [0.29, 0.717) is 6.54 Å². The summed E-state index contributed by atoms with van der Waals surface area (Å²) in [7, 11) is 1.66. The molecule has 0 aliphatic carbocycles. The van der Waals surface area contributed by atoms with E-state index in [1.165, 1.54) is 6.08 Å². The van der Waals surface area contributed by atoms with Gasteiger partial charge in [0.25, 0.3) is 0 Å². The Kier molecular flexibility index (Phi) is 4.92. The number of amides is 1. The zero-order valence-electron chi connectivity index (χ0n) is 12.0. The highest BCUT2D eigenvalue weighted by atomic mass is 16.4. The van der Waals surface area contributed by atoms with E-state index in [-0.39, 0.29) is 11.8 Å². The summed E-state index contributed by atoms with van der Waals surface area (Å²) in [6.07, 6.45) is 6.08. The Morgan fingerprint density at radius 2 is 2.29 bits per heavy atom. The molecule has 0 spiro atoms. The van der Waals surface area contributed by atoms with Crippen LogP contribution in [0, 0.1) is 5.92 Å². The number of carboxylic acid groups (broad SMARTS) is 1. The van der Waals surface area contributed by atoms with Crippen molar-refractivity contribution in [2.24, 2.45) is 5.92 Å². The van der Waals surface area contributed by atoms with Crippen LogP contribution < -0.4 is 10.2 Å². The predicted octanol–water partition coefficient (Wildman–Crippen LogP) is 1.14. The van der Waals surface area contributed by atoms with Crippen molar-refractivity contribution in [1.82, 2.24) is 10.3 Å². The summed E-state index contributed by atoms with van der Waals surface area (Å²) in [4.78, 5) is 28.6. The van der Waals surface area contributed by atoms with Gasteiger partial charge >= 0.3 is 5.97 Å². The number of piperidine rings is 1. The second kappa shape index (κ2) is 6.88. The Morgan fingerprint density at radius 1 is 1.48 bits per heavy atom. The number of aliphatic carboxylic acids is 1. The van der Waals surface area contributed by atoms with Gasteiger partial charge in [-0.2, -0.15) is 0 Å². The molecule has 6 heteroatoms. The lowest BCUT2D eigenvalue weighted by Crippen LogP contribution is -2.42. The maximum atomic E-state index is 11.7. The number of nitrogens with one attached hydrogen (secondary N) is 1. The van der Waals surface area contributed by atoms with Crippen molar-refractivity contribution in [3.63, 3.8) is 0 Å². The summed E-state index contributed by atoms with van der Waals surface area (Å²) in [5.41, 5.74) is 0.737. The van der Waals surface area contributed by atoms with Gasteiger partial charge in [0.1, 0.15) is 5.82 Å². The number of carboxylic acids is 1. The summed E-state index contributed by atoms with van der Waals surface area (Å²) in [6.45, 7) is 1.54. The Morgan fingerprint density at radius 3 is 2.90 bits per heavy atom. The van der Waals surface area contributed by atoms with E-state index in [1.807, 2.05) is 12.1 Å². The topological polar surface area (TPSA) is 82.5 Å². The first-order chi connectivity index (χ1) is 10.1. The molecular weight excluding hydrogens is 270 g/mol. The lowest BCUT2D eigenvalue weighted by atomic mass is 9.97. The van der Waals surface area contributed by atoms with Crippen molar-refractivity contribution >= 4 is 23.8 Å². The molecular formula is C15H19N3O3. The molecule has 1 aliphatic rings. The van der Waals surface area contributed by atoms with Crippen molar-refractivity contribution in [1.29, 1.82) is 0 Å². The normalized spacial score (nSPS) is 18.7. The van der Waals surface area contributed by atoms with Crippen LogP contribution in [-0.2, 0) is 9.59 Å². The number of nitrogens with zero attached hydrogens (tertiary/aromatic N) is 2. The third-order valence-electron chi connectivity index (χ3n) is 3.55. The quantitative estimate of drug-likeness (QED) is 0.812. The molecule has 112 valence electrons. The van der Waals surface area contributed by atoms with Crippen LogP contribution in [0.15, 0.2) is 24.4 Å². The monoisotopic (exact) mass is 289 g/mol. The molecule has 1 fully saturated rings. The molecule has 1 saturated heterocycles. The van der Waals surface area contributed by atoms with Crippen LogP contribution >= 0.6 is 0 Å². The highest BCUT2D eigenvalue weighted by Gasteiger charge is 2.25. The Hall–Kier alpha value is -2.37. The Balaban J connectivity index is 2.04. The average molecular weight is 289 g/mol. The molecule has 1 aromatic heterocycles. The minimum Gasteiger partial charge on any atom is -0.478 e. The third-order valence-corrected chi connectivity index (χ3v) is 3.55. The van der Waals surface area contributed by atoms with Crippen molar-refractivity contribution in [3.8, 4) is 0 Å². The summed E-state index contributed by atoms with van der Waals surface area (Å²) >= 11 is 0. The molecule has 1 aromatic rings. The van der Waals surface area contributed by atoms with Gasteiger partial charge in [-0.3, -0.25) is 4.79 Å². The molecule has 1 amide bonds. The van der Waals surface area contributed by atoms with Gasteiger partial charge in [0.05, 0.1) is 5.92 Å². The Labute approximate surface area is 123 Å². The first-order valence-electron chi connectivity index (χ1n) is 6.93. The van der Waals surface area contributed by atoms with Gasteiger partial charge in [0, 0.05) is 32.4 Å². The van der Waals surface area contributed by atoms with Gasteiger partial charge in [-0.1, -0.05) is 0 Å². The molecule has 1 atom stereocenters. The number of pyridine rings is 1. The largest absolute Gasteiger partial charge is 0.478 e. The standard InChI is InChI=1S/C15H19N3O3/c1-16-15(21)12-3-2-8-18(10-12)13-6-4-11(9-17-13)5-7-14(19)20/h4-7,9,12H,2-3,8,10H2,1H3,(H,16,21)(H,19,20)/b7-5+. The van der Waals surface area contributed by atoms with Gasteiger partial charge < -0.3 is 15.3 Å². The molecule has 2 rings (SSSR count). The highest BCUT2D eigenvalue weighted by molar-refractivity contribution is 5.85. The fourth-order valence-electron chi connectivity index (χ4n) is 2.45. The van der Waals surface area contributed by atoms with Crippen LogP contribution in [0.2, 0.25) is 0 Å². The first kappa shape index (κ1) is 15.0. The van der Waals surface area contributed by atoms with Crippen LogP contribution in [-0.4, -0.2) is 42.1 Å². The molecule has 1 unspecified atom stereocenters. The fraction of sp³-hybridized carbons (Fsp3) is 0.400. The maximum absolute atomic E-state index is 11.7. The van der Waals surface area contributed by atoms with Crippen LogP contribution in [0.5, 0.6) is 0 Å². The zero-order valence-corrected chi connectivity index (χ0v) is 12.0. The molecule has 0 aromatic carbocycles. The van der Waals surface area contributed by atoms with Crippen molar-refractivity contribution in [2.45, 2.75) is 12.8 Å². The smallest absolute Gasteiger partial charge is 0.328 e. The summed E-state index contributed by atoms with van der Waals surface area (Å²) in [6, 6.07) is 3.68. The number of carbonyl (C=O) groups excluding carboxylic acids is 1. The number of aromatic nitrogens is 1. The van der Waals surface area contributed by atoms with Crippen molar-refractivity contribution < 1.29 is 14.7 Å². The van der Waals surface area contributed by atoms with E-state index < -0.39 is 5.97 Å². The molecule has 6 nitrogen and oxygen atoms in total. The van der Waals surface area contributed by atoms with E-state index in [2.05, 4.69) is 15.2 Å². The van der Waals surface area contributed by atoms with Gasteiger partial charge in [-0.15, -0.1) is 0 Å². The van der Waals surface area contributed by atoms with Crippen LogP contribution in [0.3, 0.4) is 0 Å². The minimum atomic E-state index is -0.983. The lowest BCUT2D eigenvalue weighted by molar-refractivity contribution is -0.131.